The fourth-order valence-corrected chi connectivity index (χ4v) is 2.06. The van der Waals surface area contributed by atoms with Crippen molar-refractivity contribution >= 4 is 28.4 Å². The molecule has 1 atom stereocenters. The van der Waals surface area contributed by atoms with Gasteiger partial charge in [-0.3, -0.25) is 4.79 Å². The number of aryl methyl sites for hydroxylation is 1. The van der Waals surface area contributed by atoms with Crippen molar-refractivity contribution < 1.29 is 9.18 Å². The predicted octanol–water partition coefficient (Wildman–Crippen LogP) is 2.24. The van der Waals surface area contributed by atoms with Gasteiger partial charge in [-0.1, -0.05) is 12.1 Å². The highest BCUT2D eigenvalue weighted by molar-refractivity contribution is 14.1. The van der Waals surface area contributed by atoms with E-state index in [1.165, 1.54) is 10.9 Å². The van der Waals surface area contributed by atoms with Crippen molar-refractivity contribution in [2.45, 2.75) is 38.9 Å². The molecule has 2 rings (SSSR count). The number of nitrogens with zero attached hydrogens (tertiary/aromatic N) is 5. The smallest absolute Gasteiger partial charge is 0.184 e. The summed E-state index contributed by atoms with van der Waals surface area (Å²) in [5.74, 6) is -0.0918. The van der Waals surface area contributed by atoms with Gasteiger partial charge in [0.25, 0.3) is 0 Å². The number of ketones is 1. The molecule has 0 bridgehead atoms. The second-order valence-electron chi connectivity index (χ2n) is 4.59. The van der Waals surface area contributed by atoms with Gasteiger partial charge < -0.3 is 0 Å². The number of aromatic nitrogens is 5. The van der Waals surface area contributed by atoms with Crippen LogP contribution in [0.2, 0.25) is 0 Å². The van der Waals surface area contributed by atoms with Gasteiger partial charge >= 0.3 is 0 Å². The molecule has 2 heterocycles. The van der Waals surface area contributed by atoms with Gasteiger partial charge in [-0.2, -0.15) is 5.10 Å². The predicted molar refractivity (Wildman–Crippen MR) is 82.6 cm³/mol. The quantitative estimate of drug-likeness (QED) is 0.524. The molecule has 0 aliphatic heterocycles. The van der Waals surface area contributed by atoms with Gasteiger partial charge in [0.15, 0.2) is 5.78 Å². The summed E-state index contributed by atoms with van der Waals surface area (Å²) in [6.07, 6.45) is 1.62. The van der Waals surface area contributed by atoms with Gasteiger partial charge in [0.2, 0.25) is 0 Å². The molecule has 0 aromatic carbocycles. The van der Waals surface area contributed by atoms with Crippen molar-refractivity contribution in [3.05, 3.63) is 33.4 Å². The number of alkyl halides is 1. The summed E-state index contributed by atoms with van der Waals surface area (Å²) in [7, 11) is 0. The third kappa shape index (κ3) is 4.80. The topological polar surface area (TPSA) is 73.6 Å². The van der Waals surface area contributed by atoms with Gasteiger partial charge in [-0.05, 0) is 47.6 Å². The van der Waals surface area contributed by atoms with E-state index >= 15 is 0 Å². The SMILES string of the molecule is CCC(=O)c1cn(C[C@H](F)CCc2ccc(I)nn2)nn1. The molecule has 6 nitrogen and oxygen atoms in total. The lowest BCUT2D eigenvalue weighted by molar-refractivity contribution is 0.0983. The zero-order valence-corrected chi connectivity index (χ0v) is 13.7. The Balaban J connectivity index is 1.84. The molecule has 0 fully saturated rings. The van der Waals surface area contributed by atoms with Crippen molar-refractivity contribution in [3.8, 4) is 0 Å². The number of hydrogen-bond acceptors (Lipinski definition) is 5. The first kappa shape index (κ1) is 15.9. The van der Waals surface area contributed by atoms with Crippen LogP contribution in [-0.2, 0) is 13.0 Å². The Morgan fingerprint density at radius 2 is 2.19 bits per heavy atom. The van der Waals surface area contributed by atoms with Crippen molar-refractivity contribution in [2.75, 3.05) is 0 Å². The molecule has 0 spiro atoms. The third-order valence-corrected chi connectivity index (χ3v) is 3.51. The van der Waals surface area contributed by atoms with E-state index in [9.17, 15) is 9.18 Å². The molecule has 0 unspecified atom stereocenters. The van der Waals surface area contributed by atoms with E-state index in [0.717, 1.165) is 9.39 Å². The summed E-state index contributed by atoms with van der Waals surface area (Å²) in [5.41, 5.74) is 1.05. The maximum absolute atomic E-state index is 13.9. The molecular weight excluding hydrogens is 388 g/mol. The van der Waals surface area contributed by atoms with E-state index in [1.807, 2.05) is 12.1 Å². The highest BCUT2D eigenvalue weighted by atomic mass is 127. The lowest BCUT2D eigenvalue weighted by Crippen LogP contribution is -2.13. The molecule has 0 aliphatic rings. The lowest BCUT2D eigenvalue weighted by Gasteiger charge is -2.07. The number of Topliss-reactive ketones (excluding diaryl/α,β-unsaturated/α-hetero) is 1. The normalized spacial score (nSPS) is 12.3. The summed E-state index contributed by atoms with van der Waals surface area (Å²) in [5, 5.41) is 15.4. The monoisotopic (exact) mass is 403 g/mol. The van der Waals surface area contributed by atoms with E-state index in [0.29, 0.717) is 19.3 Å². The van der Waals surface area contributed by atoms with Crippen LogP contribution in [0.15, 0.2) is 18.3 Å². The lowest BCUT2D eigenvalue weighted by atomic mass is 10.1. The van der Waals surface area contributed by atoms with E-state index in [4.69, 9.17) is 0 Å². The van der Waals surface area contributed by atoms with Crippen LogP contribution in [0, 0.1) is 3.70 Å². The van der Waals surface area contributed by atoms with Crippen LogP contribution in [-0.4, -0.2) is 37.1 Å². The molecule has 0 saturated carbocycles. The molecule has 0 N–H and O–H groups in total. The highest BCUT2D eigenvalue weighted by Gasteiger charge is 2.13. The molecule has 2 aromatic rings. The first-order chi connectivity index (χ1) is 10.1. The Labute approximate surface area is 135 Å². The summed E-state index contributed by atoms with van der Waals surface area (Å²) < 4.78 is 16.1. The summed E-state index contributed by atoms with van der Waals surface area (Å²) >= 11 is 2.07. The van der Waals surface area contributed by atoms with Crippen molar-refractivity contribution in [2.24, 2.45) is 0 Å². The summed E-state index contributed by atoms with van der Waals surface area (Å²) in [4.78, 5) is 11.4. The highest BCUT2D eigenvalue weighted by Crippen LogP contribution is 2.09. The summed E-state index contributed by atoms with van der Waals surface area (Å²) in [6, 6.07) is 3.69. The zero-order valence-electron chi connectivity index (χ0n) is 11.5. The number of carbonyl (C=O) groups is 1. The average molecular weight is 403 g/mol. The molecule has 0 amide bonds. The first-order valence-electron chi connectivity index (χ1n) is 6.64. The van der Waals surface area contributed by atoms with Crippen molar-refractivity contribution in [1.82, 2.24) is 25.2 Å². The number of hydrogen-bond donors (Lipinski definition) is 0. The van der Waals surface area contributed by atoms with E-state index in [-0.39, 0.29) is 18.0 Å². The largest absolute Gasteiger partial charge is 0.292 e. The average Bonchev–Trinajstić information content (AvgIpc) is 2.94. The van der Waals surface area contributed by atoms with Gasteiger partial charge in [-0.25, -0.2) is 9.07 Å². The Morgan fingerprint density at radius 1 is 1.38 bits per heavy atom. The third-order valence-electron chi connectivity index (χ3n) is 2.93. The van der Waals surface area contributed by atoms with Gasteiger partial charge in [0.1, 0.15) is 15.6 Å². The van der Waals surface area contributed by atoms with E-state index in [2.05, 4.69) is 43.1 Å². The fraction of sp³-hybridized carbons (Fsp3) is 0.462. The van der Waals surface area contributed by atoms with Gasteiger partial charge in [0.05, 0.1) is 18.4 Å². The number of rotatable bonds is 7. The van der Waals surface area contributed by atoms with Crippen LogP contribution in [0.5, 0.6) is 0 Å². The first-order valence-corrected chi connectivity index (χ1v) is 7.72. The Kier molecular flexibility index (Phi) is 5.71. The minimum absolute atomic E-state index is 0.0851. The molecule has 0 aliphatic carbocycles. The van der Waals surface area contributed by atoms with Crippen LogP contribution in [0.4, 0.5) is 4.39 Å². The van der Waals surface area contributed by atoms with Crippen molar-refractivity contribution in [3.63, 3.8) is 0 Å². The van der Waals surface area contributed by atoms with E-state index in [1.54, 1.807) is 6.92 Å². The van der Waals surface area contributed by atoms with Crippen LogP contribution < -0.4 is 0 Å². The maximum atomic E-state index is 13.9. The van der Waals surface area contributed by atoms with Crippen LogP contribution in [0.1, 0.15) is 35.9 Å². The molecule has 8 heteroatoms. The van der Waals surface area contributed by atoms with Gasteiger partial charge in [0, 0.05) is 6.42 Å². The standard InChI is InChI=1S/C13H15FIN5O/c1-2-12(21)11-8-20(19-17-11)7-9(14)3-4-10-5-6-13(15)18-16-10/h5-6,8-9H,2-4,7H2,1H3/t9-/m1/s1. The molecule has 0 radical (unpaired) electrons. The molecule has 0 saturated heterocycles. The Bertz CT molecular complexity index is 601. The second kappa shape index (κ2) is 7.53. The maximum Gasteiger partial charge on any atom is 0.184 e. The number of halogens is 2. The molecular formula is C13H15FIN5O. The summed E-state index contributed by atoms with van der Waals surface area (Å²) in [6.45, 7) is 1.84. The van der Waals surface area contributed by atoms with E-state index < -0.39 is 6.17 Å². The Hall–Kier alpha value is -1.45. The minimum Gasteiger partial charge on any atom is -0.292 e. The van der Waals surface area contributed by atoms with Gasteiger partial charge in [-0.15, -0.1) is 10.2 Å². The molecule has 21 heavy (non-hydrogen) atoms. The Morgan fingerprint density at radius 3 is 2.86 bits per heavy atom. The molecule has 2 aromatic heterocycles. The van der Waals surface area contributed by atoms with Crippen LogP contribution >= 0.6 is 22.6 Å². The zero-order chi connectivity index (χ0) is 15.2. The van der Waals surface area contributed by atoms with Crippen LogP contribution in [0.3, 0.4) is 0 Å². The minimum atomic E-state index is -1.07. The second-order valence-corrected chi connectivity index (χ2v) is 5.69. The fourth-order valence-electron chi connectivity index (χ4n) is 1.77. The number of carbonyl (C=O) groups excluding carboxylic acids is 1. The van der Waals surface area contributed by atoms with Crippen LogP contribution in [0.25, 0.3) is 0 Å². The molecule has 112 valence electrons. The van der Waals surface area contributed by atoms with Crippen molar-refractivity contribution in [1.29, 1.82) is 0 Å².